The van der Waals surface area contributed by atoms with E-state index in [0.717, 1.165) is 18.5 Å². The van der Waals surface area contributed by atoms with Crippen LogP contribution < -0.4 is 9.64 Å². The van der Waals surface area contributed by atoms with Crippen LogP contribution in [0.15, 0.2) is 24.3 Å². The number of alkyl halides is 3. The monoisotopic (exact) mass is 343 g/mol. The van der Waals surface area contributed by atoms with Crippen LogP contribution in [0.4, 0.5) is 19.1 Å². The molecular formula is C14H16F3N5O2. The van der Waals surface area contributed by atoms with Gasteiger partial charge in [0.1, 0.15) is 5.75 Å². The molecular weight excluding hydrogens is 327 g/mol. The molecule has 1 saturated heterocycles. The van der Waals surface area contributed by atoms with E-state index in [1.807, 2.05) is 4.90 Å². The Labute approximate surface area is 136 Å². The van der Waals surface area contributed by atoms with Crippen molar-refractivity contribution in [3.8, 4) is 5.75 Å². The summed E-state index contributed by atoms with van der Waals surface area (Å²) in [6.07, 6.45) is -3.81. The summed E-state index contributed by atoms with van der Waals surface area (Å²) in [5, 5.41) is 11.7. The zero-order valence-electron chi connectivity index (χ0n) is 12.7. The molecule has 0 aliphatic carbocycles. The molecule has 1 aromatic carbocycles. The molecule has 1 aliphatic heterocycles. The lowest BCUT2D eigenvalue weighted by Crippen LogP contribution is -2.29. The van der Waals surface area contributed by atoms with Crippen molar-refractivity contribution < 1.29 is 22.6 Å². The molecule has 0 bridgehead atoms. The van der Waals surface area contributed by atoms with Crippen LogP contribution in [0.3, 0.4) is 0 Å². The first-order chi connectivity index (χ1) is 11.5. The number of halogens is 3. The molecule has 1 aliphatic rings. The van der Waals surface area contributed by atoms with Gasteiger partial charge >= 0.3 is 6.36 Å². The number of aromatic nitrogens is 4. The highest BCUT2D eigenvalue weighted by Gasteiger charge is 2.31. The number of hydrogen-bond donors (Lipinski definition) is 0. The van der Waals surface area contributed by atoms with Crippen LogP contribution in [-0.4, -0.2) is 52.9 Å². The van der Waals surface area contributed by atoms with Crippen LogP contribution in [0.2, 0.25) is 0 Å². The summed E-state index contributed by atoms with van der Waals surface area (Å²) in [5.41, 5.74) is 0.768. The quantitative estimate of drug-likeness (QED) is 0.844. The van der Waals surface area contributed by atoms with Crippen molar-refractivity contribution in [1.29, 1.82) is 0 Å². The molecule has 0 unspecified atom stereocenters. The highest BCUT2D eigenvalue weighted by molar-refractivity contribution is 5.31. The van der Waals surface area contributed by atoms with Crippen LogP contribution >= 0.6 is 0 Å². The zero-order valence-corrected chi connectivity index (χ0v) is 12.7. The number of hydrogen-bond acceptors (Lipinski definition) is 6. The summed E-state index contributed by atoms with van der Waals surface area (Å²) in [6.45, 7) is 3.15. The van der Waals surface area contributed by atoms with E-state index < -0.39 is 6.36 Å². The first kappa shape index (κ1) is 16.5. The SMILES string of the molecule is FC(F)(F)Oc1ccc(Cn2nnnc2N2CCCOCC2)cc1. The molecule has 0 radical (unpaired) electrons. The normalized spacial score (nSPS) is 16.0. The standard InChI is InChI=1S/C14H16F3N5O2/c15-14(16,17)24-12-4-2-11(3-5-12)10-22-13(18-19-20-22)21-6-1-8-23-9-7-21/h2-5H,1,6-10H2. The lowest BCUT2D eigenvalue weighted by atomic mass is 10.2. The second kappa shape index (κ2) is 7.04. The van der Waals surface area contributed by atoms with E-state index in [0.29, 0.717) is 32.3 Å². The Balaban J connectivity index is 1.69. The maximum Gasteiger partial charge on any atom is 0.573 e. The fourth-order valence-corrected chi connectivity index (χ4v) is 2.44. The van der Waals surface area contributed by atoms with Crippen molar-refractivity contribution >= 4 is 5.95 Å². The van der Waals surface area contributed by atoms with Crippen molar-refractivity contribution in [2.24, 2.45) is 0 Å². The Kier molecular flexibility index (Phi) is 4.84. The summed E-state index contributed by atoms with van der Waals surface area (Å²) in [7, 11) is 0. The van der Waals surface area contributed by atoms with Gasteiger partial charge < -0.3 is 14.4 Å². The molecule has 0 saturated carbocycles. The van der Waals surface area contributed by atoms with Gasteiger partial charge in [0.25, 0.3) is 0 Å². The van der Waals surface area contributed by atoms with Crippen LogP contribution in [0.1, 0.15) is 12.0 Å². The van der Waals surface area contributed by atoms with Gasteiger partial charge in [-0.25, -0.2) is 4.68 Å². The molecule has 10 heteroatoms. The Morgan fingerprint density at radius 3 is 2.67 bits per heavy atom. The van der Waals surface area contributed by atoms with Gasteiger partial charge in [-0.1, -0.05) is 17.2 Å². The van der Waals surface area contributed by atoms with E-state index in [1.54, 1.807) is 16.8 Å². The third-order valence-electron chi connectivity index (χ3n) is 3.51. The highest BCUT2D eigenvalue weighted by atomic mass is 19.4. The van der Waals surface area contributed by atoms with E-state index in [-0.39, 0.29) is 5.75 Å². The summed E-state index contributed by atoms with van der Waals surface area (Å²) >= 11 is 0. The minimum atomic E-state index is -4.70. The molecule has 0 spiro atoms. The first-order valence-electron chi connectivity index (χ1n) is 7.45. The molecule has 130 valence electrons. The topological polar surface area (TPSA) is 65.3 Å². The van der Waals surface area contributed by atoms with Gasteiger partial charge in [-0.3, -0.25) is 0 Å². The Bertz CT molecular complexity index is 651. The van der Waals surface area contributed by atoms with Gasteiger partial charge in [0.15, 0.2) is 0 Å². The molecule has 1 aromatic heterocycles. The summed E-state index contributed by atoms with van der Waals surface area (Å²) in [6, 6.07) is 5.65. The summed E-state index contributed by atoms with van der Waals surface area (Å²) in [4.78, 5) is 2.04. The minimum absolute atomic E-state index is 0.257. The maximum atomic E-state index is 12.2. The van der Waals surface area contributed by atoms with Gasteiger partial charge in [0.05, 0.1) is 13.2 Å². The van der Waals surface area contributed by atoms with E-state index in [2.05, 4.69) is 20.3 Å². The predicted molar refractivity (Wildman–Crippen MR) is 77.7 cm³/mol. The second-order valence-corrected chi connectivity index (χ2v) is 5.28. The summed E-state index contributed by atoms with van der Waals surface area (Å²) in [5.74, 6) is 0.365. The van der Waals surface area contributed by atoms with E-state index in [1.165, 1.54) is 12.1 Å². The van der Waals surface area contributed by atoms with Gasteiger partial charge in [-0.05, 0) is 34.5 Å². The number of rotatable bonds is 4. The lowest BCUT2D eigenvalue weighted by molar-refractivity contribution is -0.274. The number of nitrogens with zero attached hydrogens (tertiary/aromatic N) is 5. The number of benzene rings is 1. The molecule has 0 amide bonds. The molecule has 24 heavy (non-hydrogen) atoms. The van der Waals surface area contributed by atoms with E-state index in [9.17, 15) is 13.2 Å². The Morgan fingerprint density at radius 1 is 1.12 bits per heavy atom. The van der Waals surface area contributed by atoms with Crippen molar-refractivity contribution in [3.63, 3.8) is 0 Å². The van der Waals surface area contributed by atoms with Gasteiger partial charge in [0.2, 0.25) is 5.95 Å². The molecule has 2 aromatic rings. The smallest absolute Gasteiger partial charge is 0.406 e. The highest BCUT2D eigenvalue weighted by Crippen LogP contribution is 2.23. The van der Waals surface area contributed by atoms with Crippen molar-refractivity contribution in [3.05, 3.63) is 29.8 Å². The fourth-order valence-electron chi connectivity index (χ4n) is 2.44. The largest absolute Gasteiger partial charge is 0.573 e. The van der Waals surface area contributed by atoms with Gasteiger partial charge in [-0.15, -0.1) is 13.2 Å². The number of tetrazole rings is 1. The van der Waals surface area contributed by atoms with Gasteiger partial charge in [-0.2, -0.15) is 0 Å². The van der Waals surface area contributed by atoms with Crippen molar-refractivity contribution in [1.82, 2.24) is 20.2 Å². The van der Waals surface area contributed by atoms with Crippen LogP contribution in [0.25, 0.3) is 0 Å². The van der Waals surface area contributed by atoms with Gasteiger partial charge in [0, 0.05) is 19.7 Å². The third-order valence-corrected chi connectivity index (χ3v) is 3.51. The number of ether oxygens (including phenoxy) is 2. The molecule has 0 atom stereocenters. The maximum absolute atomic E-state index is 12.2. The van der Waals surface area contributed by atoms with Crippen molar-refractivity contribution in [2.45, 2.75) is 19.3 Å². The van der Waals surface area contributed by atoms with E-state index >= 15 is 0 Å². The van der Waals surface area contributed by atoms with Crippen LogP contribution in [-0.2, 0) is 11.3 Å². The fraction of sp³-hybridized carbons (Fsp3) is 0.500. The Morgan fingerprint density at radius 2 is 1.92 bits per heavy atom. The summed E-state index contributed by atoms with van der Waals surface area (Å²) < 4.78 is 47.4. The predicted octanol–water partition coefficient (Wildman–Crippen LogP) is 1.85. The molecule has 3 rings (SSSR count). The lowest BCUT2D eigenvalue weighted by Gasteiger charge is -2.19. The molecule has 2 heterocycles. The first-order valence-corrected chi connectivity index (χ1v) is 7.45. The molecule has 0 N–H and O–H groups in total. The Hall–Kier alpha value is -2.36. The van der Waals surface area contributed by atoms with Crippen molar-refractivity contribution in [2.75, 3.05) is 31.2 Å². The zero-order chi connectivity index (χ0) is 17.0. The third kappa shape index (κ3) is 4.34. The minimum Gasteiger partial charge on any atom is -0.406 e. The van der Waals surface area contributed by atoms with E-state index in [4.69, 9.17) is 4.74 Å². The molecule has 7 nitrogen and oxygen atoms in total. The average molecular weight is 343 g/mol. The van der Waals surface area contributed by atoms with Crippen LogP contribution in [0, 0.1) is 0 Å². The average Bonchev–Trinajstić information content (AvgIpc) is 2.81. The second-order valence-electron chi connectivity index (χ2n) is 5.28. The number of anilines is 1. The van der Waals surface area contributed by atoms with Crippen LogP contribution in [0.5, 0.6) is 5.75 Å². The molecule has 1 fully saturated rings.